The minimum atomic E-state index is 0.338. The van der Waals surface area contributed by atoms with E-state index in [2.05, 4.69) is 10.3 Å². The van der Waals surface area contributed by atoms with Crippen LogP contribution < -0.4 is 15.8 Å². The van der Waals surface area contributed by atoms with Crippen LogP contribution >= 0.6 is 0 Å². The summed E-state index contributed by atoms with van der Waals surface area (Å²) >= 11 is 0. The zero-order chi connectivity index (χ0) is 11.4. The quantitative estimate of drug-likeness (QED) is 0.813. The highest BCUT2D eigenvalue weighted by Crippen LogP contribution is 2.26. The molecular weight excluding hydrogens is 202 g/mol. The highest BCUT2D eigenvalue weighted by molar-refractivity contribution is 5.52. The Morgan fingerprint density at radius 3 is 3.12 bits per heavy atom. The van der Waals surface area contributed by atoms with Crippen LogP contribution in [0.15, 0.2) is 18.3 Å². The molecule has 1 aromatic rings. The Hall–Kier alpha value is -1.29. The van der Waals surface area contributed by atoms with Gasteiger partial charge in [-0.1, -0.05) is 0 Å². The highest BCUT2D eigenvalue weighted by atomic mass is 16.5. The van der Waals surface area contributed by atoms with Crippen molar-refractivity contribution < 1.29 is 4.74 Å². The monoisotopic (exact) mass is 221 g/mol. The third kappa shape index (κ3) is 2.64. The molecule has 16 heavy (non-hydrogen) atoms. The third-order valence-electron chi connectivity index (χ3n) is 2.89. The lowest BCUT2D eigenvalue weighted by molar-refractivity contribution is 0.328. The number of ether oxygens (including phenoxy) is 1. The Bertz CT molecular complexity index is 343. The Morgan fingerprint density at radius 1 is 1.56 bits per heavy atom. The summed E-state index contributed by atoms with van der Waals surface area (Å²) in [5, 5.41) is 3.46. The van der Waals surface area contributed by atoms with Gasteiger partial charge in [-0.25, -0.2) is 4.98 Å². The molecule has 1 aromatic heterocycles. The first-order chi connectivity index (χ1) is 7.79. The van der Waals surface area contributed by atoms with E-state index in [1.165, 1.54) is 0 Å². The summed E-state index contributed by atoms with van der Waals surface area (Å²) in [5.74, 6) is 0.686. The van der Waals surface area contributed by atoms with E-state index in [9.17, 15) is 0 Å². The maximum Gasteiger partial charge on any atom is 0.237 e. The molecule has 0 aromatic carbocycles. The van der Waals surface area contributed by atoms with E-state index in [1.807, 2.05) is 19.1 Å². The van der Waals surface area contributed by atoms with Crippen molar-refractivity contribution in [2.24, 2.45) is 5.73 Å². The Labute approximate surface area is 96.2 Å². The van der Waals surface area contributed by atoms with Gasteiger partial charge in [0.2, 0.25) is 5.88 Å². The number of rotatable bonds is 4. The van der Waals surface area contributed by atoms with Gasteiger partial charge in [-0.05, 0) is 38.3 Å². The molecule has 0 aliphatic heterocycles. The minimum absolute atomic E-state index is 0.338. The lowest BCUT2D eigenvalue weighted by atomic mass is 10.2. The van der Waals surface area contributed by atoms with Gasteiger partial charge in [0, 0.05) is 18.3 Å². The van der Waals surface area contributed by atoms with Crippen LogP contribution in [0.3, 0.4) is 0 Å². The number of pyridine rings is 1. The molecule has 2 rings (SSSR count). The molecule has 0 saturated heterocycles. The number of anilines is 1. The summed E-state index contributed by atoms with van der Waals surface area (Å²) in [5.41, 5.74) is 6.86. The summed E-state index contributed by atoms with van der Waals surface area (Å²) in [6, 6.07) is 4.71. The average Bonchev–Trinajstić information content (AvgIpc) is 2.67. The average molecular weight is 221 g/mol. The molecule has 4 heteroatoms. The maximum atomic E-state index is 5.89. The van der Waals surface area contributed by atoms with Gasteiger partial charge in [0.15, 0.2) is 0 Å². The fraction of sp³-hybridized carbons (Fsp3) is 0.583. The van der Waals surface area contributed by atoms with Gasteiger partial charge in [-0.15, -0.1) is 0 Å². The van der Waals surface area contributed by atoms with Gasteiger partial charge >= 0.3 is 0 Å². The Kier molecular flexibility index (Phi) is 3.62. The second-order valence-electron chi connectivity index (χ2n) is 4.20. The van der Waals surface area contributed by atoms with Crippen LogP contribution in [0.1, 0.15) is 26.2 Å². The van der Waals surface area contributed by atoms with Crippen molar-refractivity contribution in [1.82, 2.24) is 4.98 Å². The number of aromatic nitrogens is 1. The van der Waals surface area contributed by atoms with E-state index < -0.39 is 0 Å². The molecule has 2 unspecified atom stereocenters. The molecular formula is C12H19N3O. The Balaban J connectivity index is 2.02. The second kappa shape index (κ2) is 5.16. The number of nitrogens with zero attached hydrogens (tertiary/aromatic N) is 1. The first-order valence-electron chi connectivity index (χ1n) is 5.89. The fourth-order valence-corrected chi connectivity index (χ4v) is 2.12. The summed E-state index contributed by atoms with van der Waals surface area (Å²) < 4.78 is 5.47. The zero-order valence-electron chi connectivity index (χ0n) is 9.65. The van der Waals surface area contributed by atoms with Crippen LogP contribution in [0.25, 0.3) is 0 Å². The van der Waals surface area contributed by atoms with Crippen molar-refractivity contribution in [3.8, 4) is 5.88 Å². The zero-order valence-corrected chi connectivity index (χ0v) is 9.65. The van der Waals surface area contributed by atoms with Gasteiger partial charge < -0.3 is 15.8 Å². The molecule has 2 atom stereocenters. The molecule has 1 aliphatic carbocycles. The number of hydrogen-bond donors (Lipinski definition) is 2. The second-order valence-corrected chi connectivity index (χ2v) is 4.20. The van der Waals surface area contributed by atoms with Crippen molar-refractivity contribution in [2.45, 2.75) is 38.3 Å². The van der Waals surface area contributed by atoms with Gasteiger partial charge in [-0.3, -0.25) is 0 Å². The molecule has 88 valence electrons. The van der Waals surface area contributed by atoms with Crippen molar-refractivity contribution in [1.29, 1.82) is 0 Å². The molecule has 4 nitrogen and oxygen atoms in total. The van der Waals surface area contributed by atoms with Crippen LogP contribution in [-0.2, 0) is 0 Å². The van der Waals surface area contributed by atoms with Crippen molar-refractivity contribution in [2.75, 3.05) is 11.9 Å². The summed E-state index contributed by atoms with van der Waals surface area (Å²) in [4.78, 5) is 4.21. The van der Waals surface area contributed by atoms with E-state index >= 15 is 0 Å². The normalized spacial score (nSPS) is 24.4. The molecule has 0 spiro atoms. The molecule has 1 aliphatic rings. The van der Waals surface area contributed by atoms with Crippen molar-refractivity contribution in [3.63, 3.8) is 0 Å². The van der Waals surface area contributed by atoms with Crippen LogP contribution in [0.2, 0.25) is 0 Å². The minimum Gasteiger partial charge on any atom is -0.476 e. The Morgan fingerprint density at radius 2 is 2.44 bits per heavy atom. The topological polar surface area (TPSA) is 60.2 Å². The maximum absolute atomic E-state index is 5.89. The molecule has 1 heterocycles. The molecule has 1 fully saturated rings. The van der Waals surface area contributed by atoms with Gasteiger partial charge in [0.05, 0.1) is 12.3 Å². The van der Waals surface area contributed by atoms with E-state index in [-0.39, 0.29) is 0 Å². The largest absolute Gasteiger partial charge is 0.476 e. The van der Waals surface area contributed by atoms with E-state index in [0.717, 1.165) is 24.9 Å². The molecule has 0 radical (unpaired) electrons. The van der Waals surface area contributed by atoms with Crippen LogP contribution in [0.4, 0.5) is 5.69 Å². The van der Waals surface area contributed by atoms with Crippen molar-refractivity contribution in [3.05, 3.63) is 18.3 Å². The third-order valence-corrected chi connectivity index (χ3v) is 2.89. The van der Waals surface area contributed by atoms with Gasteiger partial charge in [-0.2, -0.15) is 0 Å². The van der Waals surface area contributed by atoms with Crippen molar-refractivity contribution >= 4 is 5.69 Å². The highest BCUT2D eigenvalue weighted by Gasteiger charge is 2.22. The number of nitrogens with two attached hydrogens (primary N) is 1. The van der Waals surface area contributed by atoms with Crippen LogP contribution in [0.5, 0.6) is 5.88 Å². The van der Waals surface area contributed by atoms with Crippen LogP contribution in [-0.4, -0.2) is 23.7 Å². The van der Waals surface area contributed by atoms with Gasteiger partial charge in [0.1, 0.15) is 0 Å². The molecule has 0 bridgehead atoms. The predicted octanol–water partition coefficient (Wildman–Crippen LogP) is 1.77. The summed E-state index contributed by atoms with van der Waals surface area (Å²) in [6.45, 7) is 2.60. The summed E-state index contributed by atoms with van der Waals surface area (Å²) in [6.07, 6.45) is 5.00. The first kappa shape index (κ1) is 11.2. The molecule has 1 saturated carbocycles. The van der Waals surface area contributed by atoms with E-state index in [4.69, 9.17) is 10.5 Å². The lowest BCUT2D eigenvalue weighted by Gasteiger charge is -2.16. The lowest BCUT2D eigenvalue weighted by Crippen LogP contribution is -2.21. The predicted molar refractivity (Wildman–Crippen MR) is 64.6 cm³/mol. The van der Waals surface area contributed by atoms with Gasteiger partial charge in [0.25, 0.3) is 0 Å². The SMILES string of the molecule is CCOc1ncccc1NC1CCC(N)C1. The first-order valence-corrected chi connectivity index (χ1v) is 5.89. The summed E-state index contributed by atoms with van der Waals surface area (Å²) in [7, 11) is 0. The number of nitrogens with one attached hydrogen (secondary N) is 1. The fourth-order valence-electron chi connectivity index (χ4n) is 2.12. The standard InChI is InChI=1S/C12H19N3O/c1-2-16-12-11(4-3-7-14-12)15-10-6-5-9(13)8-10/h3-4,7,9-10,15H,2,5-6,8,13H2,1H3. The number of hydrogen-bond acceptors (Lipinski definition) is 4. The smallest absolute Gasteiger partial charge is 0.237 e. The van der Waals surface area contributed by atoms with E-state index in [1.54, 1.807) is 6.20 Å². The molecule has 0 amide bonds. The molecule has 3 N–H and O–H groups in total. The van der Waals surface area contributed by atoms with E-state index in [0.29, 0.717) is 24.6 Å². The van der Waals surface area contributed by atoms with Crippen LogP contribution in [0, 0.1) is 0 Å².